The molecule has 0 amide bonds. The van der Waals surface area contributed by atoms with Gasteiger partial charge in [0, 0.05) is 0 Å². The molecule has 4 heteroatoms. The van der Waals surface area contributed by atoms with Gasteiger partial charge in [-0.05, 0) is 0 Å². The van der Waals surface area contributed by atoms with Crippen molar-refractivity contribution in [3.8, 4) is 5.75 Å². The molecule has 18 heavy (non-hydrogen) atoms. The molecular formula is C14H11FO2Se. The van der Waals surface area contributed by atoms with Crippen LogP contribution in [0.1, 0.15) is 0 Å². The summed E-state index contributed by atoms with van der Waals surface area (Å²) in [7, 11) is 0. The van der Waals surface area contributed by atoms with Gasteiger partial charge in [-0.25, -0.2) is 0 Å². The van der Waals surface area contributed by atoms with Crippen molar-refractivity contribution in [2.75, 3.05) is 0 Å². The van der Waals surface area contributed by atoms with E-state index in [1.807, 2.05) is 30.3 Å². The number of esters is 1. The Hall–Kier alpha value is -1.64. The van der Waals surface area contributed by atoms with Crippen LogP contribution in [0.2, 0.25) is 0 Å². The van der Waals surface area contributed by atoms with Crippen LogP contribution in [0.4, 0.5) is 4.39 Å². The Labute approximate surface area is 111 Å². The predicted molar refractivity (Wildman–Crippen MR) is 68.8 cm³/mol. The zero-order chi connectivity index (χ0) is 12.8. The number of hydrogen-bond donors (Lipinski definition) is 0. The van der Waals surface area contributed by atoms with Gasteiger partial charge in [0.1, 0.15) is 0 Å². The topological polar surface area (TPSA) is 26.3 Å². The molecule has 2 rings (SSSR count). The summed E-state index contributed by atoms with van der Waals surface area (Å²) in [6.45, 7) is 0. The molecule has 0 N–H and O–H groups in total. The van der Waals surface area contributed by atoms with Crippen molar-refractivity contribution in [2.24, 2.45) is 0 Å². The first-order chi connectivity index (χ1) is 8.75. The maximum absolute atomic E-state index is 13.7. The molecule has 0 fully saturated rings. The van der Waals surface area contributed by atoms with Crippen LogP contribution in [0.3, 0.4) is 0 Å². The van der Waals surface area contributed by atoms with Gasteiger partial charge in [0.15, 0.2) is 0 Å². The number of alkyl halides is 1. The normalized spacial score (nSPS) is 11.8. The fourth-order valence-electron chi connectivity index (χ4n) is 1.32. The van der Waals surface area contributed by atoms with Gasteiger partial charge in [-0.2, -0.15) is 0 Å². The number of rotatable bonds is 4. The second kappa shape index (κ2) is 6.33. The summed E-state index contributed by atoms with van der Waals surface area (Å²) < 4.78 is 19.5. The summed E-state index contributed by atoms with van der Waals surface area (Å²) in [5.74, 6) is -0.459. The number of para-hydroxylation sites is 1. The predicted octanol–water partition coefficient (Wildman–Crippen LogP) is 1.92. The molecule has 0 radical (unpaired) electrons. The third-order valence-corrected chi connectivity index (χ3v) is 4.11. The molecule has 0 aliphatic carbocycles. The first-order valence-electron chi connectivity index (χ1n) is 5.38. The molecule has 0 saturated heterocycles. The Morgan fingerprint density at radius 3 is 2.17 bits per heavy atom. The van der Waals surface area contributed by atoms with Crippen molar-refractivity contribution in [3.63, 3.8) is 0 Å². The van der Waals surface area contributed by atoms with Gasteiger partial charge in [0.05, 0.1) is 0 Å². The van der Waals surface area contributed by atoms with Gasteiger partial charge >= 0.3 is 111 Å². The summed E-state index contributed by atoms with van der Waals surface area (Å²) in [6, 6.07) is 17.6. The molecular weight excluding hydrogens is 298 g/mol. The molecule has 0 heterocycles. The Balaban J connectivity index is 1.93. The Kier molecular flexibility index (Phi) is 4.51. The quantitative estimate of drug-likeness (QED) is 0.490. The third-order valence-electron chi connectivity index (χ3n) is 2.13. The third kappa shape index (κ3) is 3.69. The van der Waals surface area contributed by atoms with Crippen molar-refractivity contribution in [3.05, 3.63) is 60.7 Å². The molecule has 0 spiro atoms. The number of carbonyl (C=O) groups is 1. The number of carbonyl (C=O) groups excluding carboxylic acids is 1. The minimum atomic E-state index is -1.58. The molecule has 1 unspecified atom stereocenters. The van der Waals surface area contributed by atoms with Crippen LogP contribution in [0, 0.1) is 0 Å². The van der Waals surface area contributed by atoms with Gasteiger partial charge in [-0.3, -0.25) is 0 Å². The molecule has 0 aliphatic rings. The van der Waals surface area contributed by atoms with Crippen LogP contribution in [-0.2, 0) is 4.79 Å². The number of benzene rings is 2. The van der Waals surface area contributed by atoms with Crippen LogP contribution in [0.25, 0.3) is 0 Å². The van der Waals surface area contributed by atoms with E-state index in [1.165, 1.54) is 0 Å². The SMILES string of the molecule is O=C(Oc1ccccc1)C(F)[Se]c1ccccc1. The number of ether oxygens (including phenoxy) is 1. The summed E-state index contributed by atoms with van der Waals surface area (Å²) in [6.07, 6.45) is 0. The van der Waals surface area contributed by atoms with Crippen LogP contribution in [0.15, 0.2) is 60.7 Å². The average Bonchev–Trinajstić information content (AvgIpc) is 2.41. The van der Waals surface area contributed by atoms with E-state index >= 15 is 0 Å². The van der Waals surface area contributed by atoms with Crippen molar-refractivity contribution < 1.29 is 13.9 Å². The van der Waals surface area contributed by atoms with Gasteiger partial charge in [0.25, 0.3) is 0 Å². The van der Waals surface area contributed by atoms with Crippen molar-refractivity contribution in [1.82, 2.24) is 0 Å². The molecule has 92 valence electrons. The van der Waals surface area contributed by atoms with E-state index in [4.69, 9.17) is 4.74 Å². The second-order valence-electron chi connectivity index (χ2n) is 3.48. The zero-order valence-corrected chi connectivity index (χ0v) is 11.2. The van der Waals surface area contributed by atoms with E-state index in [0.29, 0.717) is 5.75 Å². The first kappa shape index (κ1) is 12.8. The van der Waals surface area contributed by atoms with Crippen LogP contribution >= 0.6 is 0 Å². The molecule has 0 aliphatic heterocycles. The maximum atomic E-state index is 13.7. The van der Waals surface area contributed by atoms with Gasteiger partial charge in [-0.15, -0.1) is 0 Å². The number of hydrogen-bond acceptors (Lipinski definition) is 2. The monoisotopic (exact) mass is 310 g/mol. The van der Waals surface area contributed by atoms with Crippen molar-refractivity contribution in [1.29, 1.82) is 0 Å². The van der Waals surface area contributed by atoms with E-state index in [9.17, 15) is 9.18 Å². The standard InChI is InChI=1S/C14H11FO2Se/c15-13(18-12-9-5-2-6-10-12)14(16)17-11-7-3-1-4-8-11/h1-10,13H. The average molecular weight is 309 g/mol. The summed E-state index contributed by atoms with van der Waals surface area (Å²) in [5.41, 5.74) is 0. The summed E-state index contributed by atoms with van der Waals surface area (Å²) in [4.78, 5) is 11.5. The summed E-state index contributed by atoms with van der Waals surface area (Å²) >= 11 is -0.562. The first-order valence-corrected chi connectivity index (χ1v) is 7.23. The van der Waals surface area contributed by atoms with Gasteiger partial charge in [0.2, 0.25) is 0 Å². The van der Waals surface area contributed by atoms with E-state index in [-0.39, 0.29) is 0 Å². The van der Waals surface area contributed by atoms with E-state index in [0.717, 1.165) is 4.46 Å². The molecule has 2 nitrogen and oxygen atoms in total. The Bertz CT molecular complexity index is 502. The van der Waals surface area contributed by atoms with Gasteiger partial charge in [-0.1, -0.05) is 0 Å². The van der Waals surface area contributed by atoms with E-state index in [1.54, 1.807) is 30.3 Å². The zero-order valence-electron chi connectivity index (χ0n) is 9.45. The molecule has 2 aromatic rings. The fraction of sp³-hybridized carbons (Fsp3) is 0.0714. The van der Waals surface area contributed by atoms with Gasteiger partial charge < -0.3 is 0 Å². The van der Waals surface area contributed by atoms with E-state index in [2.05, 4.69) is 0 Å². The summed E-state index contributed by atoms with van der Waals surface area (Å²) in [5, 5.41) is -1.58. The molecule has 1 atom stereocenters. The number of halogens is 1. The molecule has 2 aromatic carbocycles. The van der Waals surface area contributed by atoms with Crippen molar-refractivity contribution in [2.45, 2.75) is 5.07 Å². The fourth-order valence-corrected chi connectivity index (χ4v) is 2.78. The van der Waals surface area contributed by atoms with E-state index < -0.39 is 26.0 Å². The Morgan fingerprint density at radius 2 is 1.56 bits per heavy atom. The van der Waals surface area contributed by atoms with Crippen molar-refractivity contribution >= 4 is 25.4 Å². The van der Waals surface area contributed by atoms with Crippen LogP contribution in [0.5, 0.6) is 5.75 Å². The van der Waals surface area contributed by atoms with Crippen LogP contribution < -0.4 is 9.20 Å². The molecule has 0 bridgehead atoms. The molecule has 0 saturated carbocycles. The second-order valence-corrected chi connectivity index (χ2v) is 5.83. The van der Waals surface area contributed by atoms with Crippen LogP contribution in [-0.4, -0.2) is 26.0 Å². The molecule has 0 aromatic heterocycles. The Morgan fingerprint density at radius 1 is 1.00 bits per heavy atom. The minimum absolute atomic E-state index is 0.369.